The van der Waals surface area contributed by atoms with Crippen LogP contribution >= 0.6 is 0 Å². The second-order valence-corrected chi connectivity index (χ2v) is 5.54. The first kappa shape index (κ1) is 19.3. The largest absolute Gasteiger partial charge is 0.463 e. The van der Waals surface area contributed by atoms with Crippen molar-refractivity contribution in [3.63, 3.8) is 0 Å². The number of nitrogens with one attached hydrogen (secondary N) is 1. The van der Waals surface area contributed by atoms with Gasteiger partial charge in [0.05, 0.1) is 16.2 Å². The van der Waals surface area contributed by atoms with E-state index in [9.17, 15) is 28.4 Å². The van der Waals surface area contributed by atoms with Crippen LogP contribution in [0.4, 0.5) is 24.5 Å². The Labute approximate surface area is 145 Å². The molecule has 0 aliphatic carbocycles. The van der Waals surface area contributed by atoms with Crippen LogP contribution in [0, 0.1) is 28.4 Å². The van der Waals surface area contributed by atoms with Gasteiger partial charge < -0.3 is 14.8 Å². The van der Waals surface area contributed by atoms with E-state index in [0.717, 1.165) is 18.2 Å². The highest BCUT2D eigenvalue weighted by Gasteiger charge is 2.56. The maximum atomic E-state index is 13.3. The highest BCUT2D eigenvalue weighted by molar-refractivity contribution is 5.61. The van der Waals surface area contributed by atoms with Crippen LogP contribution in [0.2, 0.25) is 0 Å². The first-order chi connectivity index (χ1) is 12.1. The molecule has 2 N–H and O–H groups in total. The highest BCUT2D eigenvalue weighted by atomic mass is 19.4. The molecule has 7 nitrogen and oxygen atoms in total. The van der Waals surface area contributed by atoms with Gasteiger partial charge in [0.1, 0.15) is 17.6 Å². The van der Waals surface area contributed by atoms with Gasteiger partial charge in [-0.05, 0) is 25.1 Å². The molecule has 2 rings (SSSR count). The molecule has 0 amide bonds. The normalized spacial score (nSPS) is 13.7. The summed E-state index contributed by atoms with van der Waals surface area (Å²) in [5.74, 6) is -0.411. The molecule has 26 heavy (non-hydrogen) atoms. The molecule has 0 aliphatic rings. The number of non-ortho nitro benzene ring substituents is 1. The molecule has 1 aromatic carbocycles. The lowest BCUT2D eigenvalue weighted by molar-refractivity contribution is -0.384. The minimum absolute atomic E-state index is 0.0939. The van der Waals surface area contributed by atoms with E-state index < -0.39 is 28.9 Å². The van der Waals surface area contributed by atoms with Crippen molar-refractivity contribution in [3.8, 4) is 6.07 Å². The summed E-state index contributed by atoms with van der Waals surface area (Å²) in [5, 5.41) is 32.5. The van der Waals surface area contributed by atoms with Gasteiger partial charge in [-0.1, -0.05) is 0 Å². The van der Waals surface area contributed by atoms with E-state index >= 15 is 0 Å². The zero-order valence-corrected chi connectivity index (χ0v) is 13.5. The van der Waals surface area contributed by atoms with E-state index in [1.807, 2.05) is 0 Å². The number of anilines is 1. The van der Waals surface area contributed by atoms with Crippen molar-refractivity contribution >= 4 is 11.4 Å². The molecule has 1 heterocycles. The Morgan fingerprint density at radius 3 is 2.54 bits per heavy atom. The summed E-state index contributed by atoms with van der Waals surface area (Å²) in [6.07, 6.45) is -5.77. The number of nitrogens with zero attached hydrogens (tertiary/aromatic N) is 2. The molecule has 2 aromatic rings. The van der Waals surface area contributed by atoms with E-state index in [2.05, 4.69) is 5.32 Å². The Kier molecular flexibility index (Phi) is 5.22. The Balaban J connectivity index is 2.19. The lowest BCUT2D eigenvalue weighted by atomic mass is 9.95. The number of nitro groups is 1. The minimum atomic E-state index is -4.98. The summed E-state index contributed by atoms with van der Waals surface area (Å²) in [6.45, 7) is 1.09. The van der Waals surface area contributed by atoms with Gasteiger partial charge in [-0.3, -0.25) is 10.1 Å². The Morgan fingerprint density at radius 2 is 2.04 bits per heavy atom. The fourth-order valence-corrected chi connectivity index (χ4v) is 2.33. The fourth-order valence-electron chi connectivity index (χ4n) is 2.33. The summed E-state index contributed by atoms with van der Waals surface area (Å²) < 4.78 is 45.0. The Morgan fingerprint density at radius 1 is 1.35 bits per heavy atom. The monoisotopic (exact) mass is 369 g/mol. The van der Waals surface area contributed by atoms with Crippen LogP contribution in [-0.4, -0.2) is 22.8 Å². The third-order valence-electron chi connectivity index (χ3n) is 3.75. The molecule has 0 radical (unpaired) electrons. The van der Waals surface area contributed by atoms with Gasteiger partial charge >= 0.3 is 6.18 Å². The maximum Gasteiger partial charge on any atom is 0.424 e. The average Bonchev–Trinajstić information content (AvgIpc) is 3.00. The molecule has 0 saturated heterocycles. The Hall–Kier alpha value is -3.06. The number of alkyl halides is 3. The number of furan rings is 1. The first-order valence-corrected chi connectivity index (χ1v) is 7.37. The number of aryl methyl sites for hydroxylation is 1. The SMILES string of the molecule is Cc1ccc(C(O)(CCNc2ccc([N+](=O)[O-])cc2C#N)C(F)(F)F)o1. The van der Waals surface area contributed by atoms with Crippen LogP contribution in [0.1, 0.15) is 23.5 Å². The van der Waals surface area contributed by atoms with Crippen LogP contribution in [0.25, 0.3) is 0 Å². The molecule has 0 aliphatic heterocycles. The van der Waals surface area contributed by atoms with Gasteiger partial charge in [0, 0.05) is 25.1 Å². The van der Waals surface area contributed by atoms with Gasteiger partial charge in [-0.25, -0.2) is 0 Å². The van der Waals surface area contributed by atoms with Crippen molar-refractivity contribution in [2.45, 2.75) is 25.1 Å². The quantitative estimate of drug-likeness (QED) is 0.594. The minimum Gasteiger partial charge on any atom is -0.463 e. The van der Waals surface area contributed by atoms with Crippen LogP contribution in [0.3, 0.4) is 0 Å². The molecule has 10 heteroatoms. The van der Waals surface area contributed by atoms with Gasteiger partial charge in [-0.15, -0.1) is 0 Å². The predicted octanol–water partition coefficient (Wildman–Crippen LogP) is 3.62. The molecular formula is C16H14F3N3O4. The molecular weight excluding hydrogens is 355 g/mol. The Bertz CT molecular complexity index is 857. The second kappa shape index (κ2) is 7.05. The van der Waals surface area contributed by atoms with E-state index in [1.54, 1.807) is 6.07 Å². The van der Waals surface area contributed by atoms with Crippen molar-refractivity contribution in [2.75, 3.05) is 11.9 Å². The van der Waals surface area contributed by atoms with Gasteiger partial charge in [0.25, 0.3) is 5.69 Å². The van der Waals surface area contributed by atoms with E-state index in [4.69, 9.17) is 9.68 Å². The molecule has 0 bridgehead atoms. The second-order valence-electron chi connectivity index (χ2n) is 5.54. The summed E-state index contributed by atoms with van der Waals surface area (Å²) >= 11 is 0. The van der Waals surface area contributed by atoms with Crippen molar-refractivity contribution in [1.82, 2.24) is 0 Å². The van der Waals surface area contributed by atoms with Gasteiger partial charge in [0.15, 0.2) is 0 Å². The van der Waals surface area contributed by atoms with Gasteiger partial charge in [0.2, 0.25) is 5.60 Å². The van der Waals surface area contributed by atoms with Crippen molar-refractivity contribution < 1.29 is 27.6 Å². The van der Waals surface area contributed by atoms with Crippen LogP contribution in [0.5, 0.6) is 0 Å². The summed E-state index contributed by atoms with van der Waals surface area (Å²) in [7, 11) is 0. The molecule has 1 unspecified atom stereocenters. The van der Waals surface area contributed by atoms with E-state index in [1.165, 1.54) is 19.1 Å². The number of nitro benzene ring substituents is 1. The standard InChI is InChI=1S/C16H14F3N3O4/c1-10-2-5-14(26-10)15(23,16(17,18)19)6-7-21-13-4-3-12(22(24)25)8-11(13)9-20/h2-5,8,21,23H,6-7H2,1H3. The van der Waals surface area contributed by atoms with Crippen molar-refractivity contribution in [2.24, 2.45) is 0 Å². The number of rotatable bonds is 6. The number of hydrogen-bond acceptors (Lipinski definition) is 6. The average molecular weight is 369 g/mol. The highest BCUT2D eigenvalue weighted by Crippen LogP contribution is 2.42. The number of halogens is 3. The maximum absolute atomic E-state index is 13.3. The van der Waals surface area contributed by atoms with Gasteiger partial charge in [-0.2, -0.15) is 18.4 Å². The lowest BCUT2D eigenvalue weighted by Gasteiger charge is -2.28. The number of aliphatic hydroxyl groups is 1. The van der Waals surface area contributed by atoms with Crippen molar-refractivity contribution in [1.29, 1.82) is 5.26 Å². The van der Waals surface area contributed by atoms with Crippen LogP contribution < -0.4 is 5.32 Å². The molecule has 0 spiro atoms. The summed E-state index contributed by atoms with van der Waals surface area (Å²) in [5.41, 5.74) is -3.49. The zero-order chi connectivity index (χ0) is 19.5. The summed E-state index contributed by atoms with van der Waals surface area (Å²) in [4.78, 5) is 10.0. The third-order valence-corrected chi connectivity index (χ3v) is 3.75. The number of nitriles is 1. The van der Waals surface area contributed by atoms with Crippen LogP contribution in [0.15, 0.2) is 34.7 Å². The van der Waals surface area contributed by atoms with Crippen molar-refractivity contribution in [3.05, 3.63) is 57.5 Å². The molecule has 1 aromatic heterocycles. The van der Waals surface area contributed by atoms with Crippen LogP contribution in [-0.2, 0) is 5.60 Å². The number of hydrogen-bond donors (Lipinski definition) is 2. The molecule has 0 saturated carbocycles. The summed E-state index contributed by atoms with van der Waals surface area (Å²) in [6, 6.07) is 7.44. The fraction of sp³-hybridized carbons (Fsp3) is 0.312. The molecule has 1 atom stereocenters. The van der Waals surface area contributed by atoms with E-state index in [0.29, 0.717) is 0 Å². The third kappa shape index (κ3) is 3.78. The first-order valence-electron chi connectivity index (χ1n) is 7.37. The molecule has 0 fully saturated rings. The van der Waals surface area contributed by atoms with E-state index in [-0.39, 0.29) is 29.2 Å². The zero-order valence-electron chi connectivity index (χ0n) is 13.5. The smallest absolute Gasteiger partial charge is 0.424 e. The molecule has 138 valence electrons. The number of benzene rings is 1. The predicted molar refractivity (Wildman–Crippen MR) is 84.3 cm³/mol. The topological polar surface area (TPSA) is 112 Å². The lowest BCUT2D eigenvalue weighted by Crippen LogP contribution is -2.43.